The first-order valence-electron chi connectivity index (χ1n) is 7.49. The maximum absolute atomic E-state index is 12.8. The van der Waals surface area contributed by atoms with Crippen molar-refractivity contribution < 1.29 is 14.7 Å². The van der Waals surface area contributed by atoms with Crippen LogP contribution < -0.4 is 0 Å². The number of nitrogens with one attached hydrogen (secondary N) is 1. The molecule has 1 saturated carbocycles. The highest BCUT2D eigenvalue weighted by Crippen LogP contribution is 2.36. The number of carboxylic acids is 1. The second-order valence-electron chi connectivity index (χ2n) is 5.74. The number of aromatic amines is 1. The molecular formula is C17H19NO3. The predicted molar refractivity (Wildman–Crippen MR) is 80.5 cm³/mol. The minimum Gasteiger partial charge on any atom is -0.481 e. The van der Waals surface area contributed by atoms with Crippen LogP contribution in [0.4, 0.5) is 0 Å². The maximum Gasteiger partial charge on any atom is 0.307 e. The predicted octanol–water partition coefficient (Wildman–Crippen LogP) is 3.41. The van der Waals surface area contributed by atoms with Gasteiger partial charge in [0.2, 0.25) is 0 Å². The summed E-state index contributed by atoms with van der Waals surface area (Å²) in [5.41, 5.74) is 2.81. The third kappa shape index (κ3) is 2.24. The summed E-state index contributed by atoms with van der Waals surface area (Å²) in [5.74, 6) is -1.79. The number of para-hydroxylation sites is 1. The largest absolute Gasteiger partial charge is 0.481 e. The Hall–Kier alpha value is -2.10. The topological polar surface area (TPSA) is 70.2 Å². The molecule has 4 heteroatoms. The lowest BCUT2D eigenvalue weighted by Gasteiger charge is -2.13. The quantitative estimate of drug-likeness (QED) is 0.846. The summed E-state index contributed by atoms with van der Waals surface area (Å²) in [6.07, 6.45) is 4.73. The molecule has 1 fully saturated rings. The van der Waals surface area contributed by atoms with Crippen LogP contribution in [-0.2, 0) is 11.2 Å². The highest BCUT2D eigenvalue weighted by Gasteiger charge is 2.38. The van der Waals surface area contributed by atoms with Gasteiger partial charge in [-0.15, -0.1) is 0 Å². The van der Waals surface area contributed by atoms with Crippen LogP contribution in [0.2, 0.25) is 0 Å². The van der Waals surface area contributed by atoms with Gasteiger partial charge in [-0.05, 0) is 24.8 Å². The molecular weight excluding hydrogens is 266 g/mol. The molecule has 2 atom stereocenters. The monoisotopic (exact) mass is 285 g/mol. The molecule has 0 saturated heterocycles. The zero-order chi connectivity index (χ0) is 15.0. The van der Waals surface area contributed by atoms with Crippen molar-refractivity contribution in [2.45, 2.75) is 32.6 Å². The minimum atomic E-state index is -0.847. The molecule has 0 radical (unpaired) electrons. The molecule has 1 aliphatic rings. The van der Waals surface area contributed by atoms with Crippen molar-refractivity contribution in [1.29, 1.82) is 0 Å². The van der Waals surface area contributed by atoms with E-state index in [1.54, 1.807) is 6.20 Å². The fourth-order valence-electron chi connectivity index (χ4n) is 3.48. The van der Waals surface area contributed by atoms with Gasteiger partial charge in [0.15, 0.2) is 5.78 Å². The van der Waals surface area contributed by atoms with E-state index in [0.29, 0.717) is 18.4 Å². The van der Waals surface area contributed by atoms with Crippen LogP contribution in [0.25, 0.3) is 10.9 Å². The van der Waals surface area contributed by atoms with Crippen molar-refractivity contribution in [3.05, 3.63) is 35.5 Å². The molecule has 0 aliphatic heterocycles. The Balaban J connectivity index is 2.01. The summed E-state index contributed by atoms with van der Waals surface area (Å²) in [6.45, 7) is 2.08. The lowest BCUT2D eigenvalue weighted by atomic mass is 9.88. The summed E-state index contributed by atoms with van der Waals surface area (Å²) in [5, 5.41) is 10.2. The molecule has 2 N–H and O–H groups in total. The van der Waals surface area contributed by atoms with E-state index in [9.17, 15) is 14.7 Å². The van der Waals surface area contributed by atoms with Gasteiger partial charge < -0.3 is 10.1 Å². The molecule has 1 aromatic heterocycles. The van der Waals surface area contributed by atoms with E-state index in [4.69, 9.17) is 0 Å². The first-order valence-corrected chi connectivity index (χ1v) is 7.49. The van der Waals surface area contributed by atoms with Crippen molar-refractivity contribution >= 4 is 22.7 Å². The summed E-state index contributed by atoms with van der Waals surface area (Å²) in [4.78, 5) is 27.2. The van der Waals surface area contributed by atoms with E-state index in [0.717, 1.165) is 23.7 Å². The molecule has 1 heterocycles. The number of H-pyrrole nitrogens is 1. The van der Waals surface area contributed by atoms with Gasteiger partial charge in [-0.3, -0.25) is 9.59 Å². The Morgan fingerprint density at radius 2 is 2.05 bits per heavy atom. The molecule has 4 nitrogen and oxygen atoms in total. The molecule has 0 spiro atoms. The SMILES string of the molecule is CCc1cccc2c(C(=O)C3CCCC3C(=O)O)c[nH]c12. The van der Waals surface area contributed by atoms with Crippen molar-refractivity contribution in [3.63, 3.8) is 0 Å². The maximum atomic E-state index is 12.8. The smallest absolute Gasteiger partial charge is 0.307 e. The van der Waals surface area contributed by atoms with E-state index in [2.05, 4.69) is 11.9 Å². The number of carbonyl (C=O) groups excluding carboxylic acids is 1. The summed E-state index contributed by atoms with van der Waals surface area (Å²) in [6, 6.07) is 5.93. The molecule has 2 aromatic rings. The Bertz CT molecular complexity index is 701. The highest BCUT2D eigenvalue weighted by molar-refractivity contribution is 6.10. The third-order valence-electron chi connectivity index (χ3n) is 4.62. The fraction of sp³-hybridized carbons (Fsp3) is 0.412. The first kappa shape index (κ1) is 13.9. The number of Topliss-reactive ketones (excluding diaryl/α,β-unsaturated/α-hetero) is 1. The number of aliphatic carboxylic acids is 1. The number of aryl methyl sites for hydroxylation is 1. The summed E-state index contributed by atoms with van der Waals surface area (Å²) >= 11 is 0. The van der Waals surface area contributed by atoms with Crippen LogP contribution in [0.3, 0.4) is 0 Å². The lowest BCUT2D eigenvalue weighted by molar-refractivity contribution is -0.142. The number of carbonyl (C=O) groups is 2. The van der Waals surface area contributed by atoms with Crippen LogP contribution in [0.15, 0.2) is 24.4 Å². The van der Waals surface area contributed by atoms with E-state index < -0.39 is 11.9 Å². The molecule has 2 unspecified atom stereocenters. The Labute approximate surface area is 123 Å². The molecule has 21 heavy (non-hydrogen) atoms. The second-order valence-corrected chi connectivity index (χ2v) is 5.74. The van der Waals surface area contributed by atoms with Gasteiger partial charge in [0.1, 0.15) is 0 Å². The highest BCUT2D eigenvalue weighted by atomic mass is 16.4. The molecule has 3 rings (SSSR count). The van der Waals surface area contributed by atoms with Gasteiger partial charge >= 0.3 is 5.97 Å². The van der Waals surface area contributed by atoms with Crippen molar-refractivity contribution in [2.75, 3.05) is 0 Å². The molecule has 0 bridgehead atoms. The van der Waals surface area contributed by atoms with Crippen LogP contribution in [0.1, 0.15) is 42.1 Å². The number of hydrogen-bond donors (Lipinski definition) is 2. The van der Waals surface area contributed by atoms with E-state index in [1.165, 1.54) is 5.56 Å². The van der Waals surface area contributed by atoms with Crippen molar-refractivity contribution in [1.82, 2.24) is 4.98 Å². The van der Waals surface area contributed by atoms with Gasteiger partial charge in [0.05, 0.1) is 5.92 Å². The standard InChI is InChI=1S/C17H19NO3/c1-2-10-5-3-6-11-14(9-18-15(10)11)16(19)12-7-4-8-13(12)17(20)21/h3,5-6,9,12-13,18H,2,4,7-8H2,1H3,(H,20,21). The van der Waals surface area contributed by atoms with Crippen LogP contribution >= 0.6 is 0 Å². The number of benzene rings is 1. The van der Waals surface area contributed by atoms with Gasteiger partial charge in [-0.2, -0.15) is 0 Å². The Morgan fingerprint density at radius 3 is 2.76 bits per heavy atom. The average Bonchev–Trinajstić information content (AvgIpc) is 3.12. The van der Waals surface area contributed by atoms with E-state index >= 15 is 0 Å². The zero-order valence-electron chi connectivity index (χ0n) is 12.1. The van der Waals surface area contributed by atoms with Crippen LogP contribution in [0.5, 0.6) is 0 Å². The summed E-state index contributed by atoms with van der Waals surface area (Å²) in [7, 11) is 0. The number of fused-ring (bicyclic) bond motifs is 1. The van der Waals surface area contributed by atoms with E-state index in [-0.39, 0.29) is 11.7 Å². The average molecular weight is 285 g/mol. The van der Waals surface area contributed by atoms with E-state index in [1.807, 2.05) is 18.2 Å². The Morgan fingerprint density at radius 1 is 1.29 bits per heavy atom. The lowest BCUT2D eigenvalue weighted by Crippen LogP contribution is -2.25. The molecule has 1 aromatic carbocycles. The van der Waals surface area contributed by atoms with Crippen LogP contribution in [0, 0.1) is 11.8 Å². The second kappa shape index (κ2) is 5.35. The van der Waals surface area contributed by atoms with Crippen molar-refractivity contribution in [3.8, 4) is 0 Å². The molecule has 1 aliphatic carbocycles. The third-order valence-corrected chi connectivity index (χ3v) is 4.62. The first-order chi connectivity index (χ1) is 10.1. The number of carboxylic acid groups (broad SMARTS) is 1. The van der Waals surface area contributed by atoms with Gasteiger partial charge in [0.25, 0.3) is 0 Å². The summed E-state index contributed by atoms with van der Waals surface area (Å²) < 4.78 is 0. The van der Waals surface area contributed by atoms with Crippen molar-refractivity contribution in [2.24, 2.45) is 11.8 Å². The molecule has 110 valence electrons. The zero-order valence-corrected chi connectivity index (χ0v) is 12.1. The molecule has 0 amide bonds. The van der Waals surface area contributed by atoms with Gasteiger partial charge in [-0.25, -0.2) is 0 Å². The number of rotatable bonds is 4. The normalized spacial score (nSPS) is 21.8. The van der Waals surface area contributed by atoms with Crippen LogP contribution in [-0.4, -0.2) is 21.8 Å². The van der Waals surface area contributed by atoms with Gasteiger partial charge in [0, 0.05) is 28.6 Å². The minimum absolute atomic E-state index is 0.0283. The number of aromatic nitrogens is 1. The number of ketones is 1. The van der Waals surface area contributed by atoms with Gasteiger partial charge in [-0.1, -0.05) is 31.5 Å². The Kier molecular flexibility index (Phi) is 3.53. The number of hydrogen-bond acceptors (Lipinski definition) is 2. The fourth-order valence-corrected chi connectivity index (χ4v) is 3.48.